The van der Waals surface area contributed by atoms with Crippen LogP contribution >= 0.6 is 0 Å². The molecule has 0 spiro atoms. The maximum absolute atomic E-state index is 12.1. The molecule has 2 N–H and O–H groups in total. The van der Waals surface area contributed by atoms with Gasteiger partial charge in [0.25, 0.3) is 5.91 Å². The number of hydrogen-bond acceptors (Lipinski definition) is 4. The van der Waals surface area contributed by atoms with Crippen LogP contribution in [0.5, 0.6) is 11.5 Å². The fraction of sp³-hybridized carbons (Fsp3) is 0.562. The van der Waals surface area contributed by atoms with Gasteiger partial charge in [0.15, 0.2) is 6.10 Å². The van der Waals surface area contributed by atoms with Gasteiger partial charge >= 0.3 is 0 Å². The molecule has 0 aliphatic heterocycles. The third-order valence-electron chi connectivity index (χ3n) is 3.80. The lowest BCUT2D eigenvalue weighted by atomic mass is 9.92. The summed E-state index contributed by atoms with van der Waals surface area (Å²) in [6, 6.07) is 6.93. The summed E-state index contributed by atoms with van der Waals surface area (Å²) in [5.74, 6) is 1.16. The molecule has 5 nitrogen and oxygen atoms in total. The molecule has 1 fully saturated rings. The predicted octanol–water partition coefficient (Wildman–Crippen LogP) is 1.88. The molecule has 0 radical (unpaired) electrons. The molecule has 0 saturated heterocycles. The van der Waals surface area contributed by atoms with Crippen LogP contribution in [0.3, 0.4) is 0 Å². The van der Waals surface area contributed by atoms with Gasteiger partial charge in [0.1, 0.15) is 11.5 Å². The fourth-order valence-corrected chi connectivity index (χ4v) is 2.49. The van der Waals surface area contributed by atoms with Crippen LogP contribution in [0.1, 0.15) is 32.6 Å². The number of carbonyl (C=O) groups excluding carboxylic acids is 1. The SMILES string of the molecule is COc1ccc(OC(C)C(=O)N[C@H]2CCCC[C@@H]2O)cc1. The number of aliphatic hydroxyl groups excluding tert-OH is 1. The Morgan fingerprint density at radius 3 is 2.48 bits per heavy atom. The van der Waals surface area contributed by atoms with E-state index >= 15 is 0 Å². The Morgan fingerprint density at radius 2 is 1.86 bits per heavy atom. The van der Waals surface area contributed by atoms with Crippen molar-refractivity contribution in [3.63, 3.8) is 0 Å². The Bertz CT molecular complexity index is 460. The van der Waals surface area contributed by atoms with Crippen LogP contribution in [0.15, 0.2) is 24.3 Å². The van der Waals surface area contributed by atoms with Gasteiger partial charge in [-0.2, -0.15) is 0 Å². The number of aliphatic hydroxyl groups is 1. The monoisotopic (exact) mass is 293 g/mol. The van der Waals surface area contributed by atoms with Gasteiger partial charge in [-0.15, -0.1) is 0 Å². The summed E-state index contributed by atoms with van der Waals surface area (Å²) in [7, 11) is 1.60. The van der Waals surface area contributed by atoms with Crippen molar-refractivity contribution < 1.29 is 19.4 Å². The zero-order chi connectivity index (χ0) is 15.2. The zero-order valence-corrected chi connectivity index (χ0v) is 12.5. The van der Waals surface area contributed by atoms with Crippen LogP contribution in [-0.4, -0.2) is 36.4 Å². The van der Waals surface area contributed by atoms with Gasteiger partial charge < -0.3 is 19.9 Å². The van der Waals surface area contributed by atoms with Gasteiger partial charge in [0, 0.05) is 0 Å². The molecule has 3 atom stereocenters. The highest BCUT2D eigenvalue weighted by molar-refractivity contribution is 5.81. The molecule has 1 aliphatic carbocycles. The molecule has 0 heterocycles. The van der Waals surface area contributed by atoms with Gasteiger partial charge in [-0.3, -0.25) is 4.79 Å². The first-order chi connectivity index (χ1) is 10.1. The molecule has 1 unspecified atom stereocenters. The number of methoxy groups -OCH3 is 1. The van der Waals surface area contributed by atoms with E-state index in [0.717, 1.165) is 31.4 Å². The molecule has 1 aliphatic rings. The molecular weight excluding hydrogens is 270 g/mol. The Morgan fingerprint density at radius 1 is 1.24 bits per heavy atom. The molecule has 2 rings (SSSR count). The van der Waals surface area contributed by atoms with E-state index in [1.54, 1.807) is 38.3 Å². The fourth-order valence-electron chi connectivity index (χ4n) is 2.49. The molecule has 1 aromatic rings. The molecule has 116 valence electrons. The molecule has 1 saturated carbocycles. The first-order valence-electron chi connectivity index (χ1n) is 7.39. The van der Waals surface area contributed by atoms with Crippen LogP contribution in [0, 0.1) is 0 Å². The van der Waals surface area contributed by atoms with E-state index in [0.29, 0.717) is 5.75 Å². The van der Waals surface area contributed by atoms with Crippen LogP contribution in [0.25, 0.3) is 0 Å². The molecule has 0 aromatic heterocycles. The van der Waals surface area contributed by atoms with Crippen molar-refractivity contribution in [3.05, 3.63) is 24.3 Å². The van der Waals surface area contributed by atoms with E-state index in [-0.39, 0.29) is 11.9 Å². The maximum atomic E-state index is 12.1. The highest BCUT2D eigenvalue weighted by Crippen LogP contribution is 2.20. The van der Waals surface area contributed by atoms with E-state index in [4.69, 9.17) is 9.47 Å². The summed E-state index contributed by atoms with van der Waals surface area (Å²) >= 11 is 0. The first kappa shape index (κ1) is 15.6. The van der Waals surface area contributed by atoms with Crippen molar-refractivity contribution in [2.24, 2.45) is 0 Å². The second kappa shape index (κ2) is 7.31. The Labute approximate surface area is 125 Å². The van der Waals surface area contributed by atoms with E-state index in [1.807, 2.05) is 0 Å². The van der Waals surface area contributed by atoms with Gasteiger partial charge in [-0.1, -0.05) is 12.8 Å². The summed E-state index contributed by atoms with van der Waals surface area (Å²) in [5.41, 5.74) is 0. The largest absolute Gasteiger partial charge is 0.497 e. The number of ether oxygens (including phenoxy) is 2. The second-order valence-corrected chi connectivity index (χ2v) is 5.40. The average Bonchev–Trinajstić information content (AvgIpc) is 2.50. The Balaban J connectivity index is 1.86. The average molecular weight is 293 g/mol. The molecule has 1 aromatic carbocycles. The predicted molar refractivity (Wildman–Crippen MR) is 79.5 cm³/mol. The number of nitrogens with one attached hydrogen (secondary N) is 1. The normalized spacial score (nSPS) is 23.2. The summed E-state index contributed by atoms with van der Waals surface area (Å²) in [4.78, 5) is 12.1. The van der Waals surface area contributed by atoms with Crippen LogP contribution in [0.2, 0.25) is 0 Å². The number of rotatable bonds is 5. The minimum absolute atomic E-state index is 0.159. The third-order valence-corrected chi connectivity index (χ3v) is 3.80. The maximum Gasteiger partial charge on any atom is 0.261 e. The van der Waals surface area contributed by atoms with Gasteiger partial charge in [-0.25, -0.2) is 0 Å². The minimum atomic E-state index is -0.604. The molecule has 0 bridgehead atoms. The lowest BCUT2D eigenvalue weighted by Gasteiger charge is -2.29. The van der Waals surface area contributed by atoms with Crippen LogP contribution in [-0.2, 0) is 4.79 Å². The summed E-state index contributed by atoms with van der Waals surface area (Å²) in [6.07, 6.45) is 2.57. The van der Waals surface area contributed by atoms with E-state index in [9.17, 15) is 9.90 Å². The lowest BCUT2D eigenvalue weighted by molar-refractivity contribution is -0.129. The summed E-state index contributed by atoms with van der Waals surface area (Å²) in [5, 5.41) is 12.8. The van der Waals surface area contributed by atoms with Gasteiger partial charge in [0.05, 0.1) is 19.3 Å². The molecule has 1 amide bonds. The summed E-state index contributed by atoms with van der Waals surface area (Å²) in [6.45, 7) is 1.70. The smallest absolute Gasteiger partial charge is 0.261 e. The van der Waals surface area contributed by atoms with E-state index in [1.165, 1.54) is 0 Å². The zero-order valence-electron chi connectivity index (χ0n) is 12.5. The van der Waals surface area contributed by atoms with Crippen LogP contribution < -0.4 is 14.8 Å². The van der Waals surface area contributed by atoms with Crippen molar-refractivity contribution in [2.45, 2.75) is 50.9 Å². The van der Waals surface area contributed by atoms with Crippen molar-refractivity contribution >= 4 is 5.91 Å². The number of carbonyl (C=O) groups is 1. The van der Waals surface area contributed by atoms with Gasteiger partial charge in [-0.05, 0) is 44.0 Å². The van der Waals surface area contributed by atoms with Crippen LogP contribution in [0.4, 0.5) is 0 Å². The first-order valence-corrected chi connectivity index (χ1v) is 7.39. The number of amides is 1. The number of benzene rings is 1. The summed E-state index contributed by atoms with van der Waals surface area (Å²) < 4.78 is 10.7. The van der Waals surface area contributed by atoms with Crippen molar-refractivity contribution in [3.8, 4) is 11.5 Å². The molecule has 5 heteroatoms. The quantitative estimate of drug-likeness (QED) is 0.870. The van der Waals surface area contributed by atoms with E-state index in [2.05, 4.69) is 5.32 Å². The highest BCUT2D eigenvalue weighted by atomic mass is 16.5. The molecular formula is C16H23NO4. The third kappa shape index (κ3) is 4.36. The van der Waals surface area contributed by atoms with Crippen molar-refractivity contribution in [1.82, 2.24) is 5.32 Å². The topological polar surface area (TPSA) is 67.8 Å². The standard InChI is InChI=1S/C16H23NO4/c1-11(21-13-9-7-12(20-2)8-10-13)16(19)17-14-5-3-4-6-15(14)18/h7-11,14-15,18H,3-6H2,1-2H3,(H,17,19)/t11?,14-,15-/m0/s1. The van der Waals surface area contributed by atoms with Crippen molar-refractivity contribution in [1.29, 1.82) is 0 Å². The number of hydrogen-bond donors (Lipinski definition) is 2. The second-order valence-electron chi connectivity index (χ2n) is 5.40. The minimum Gasteiger partial charge on any atom is -0.497 e. The van der Waals surface area contributed by atoms with E-state index < -0.39 is 12.2 Å². The molecule has 21 heavy (non-hydrogen) atoms. The van der Waals surface area contributed by atoms with Gasteiger partial charge in [0.2, 0.25) is 0 Å². The van der Waals surface area contributed by atoms with Crippen molar-refractivity contribution in [2.75, 3.05) is 7.11 Å². The highest BCUT2D eigenvalue weighted by Gasteiger charge is 2.26. The lowest BCUT2D eigenvalue weighted by Crippen LogP contribution is -2.49. The Hall–Kier alpha value is -1.75. The Kier molecular flexibility index (Phi) is 5.44.